The van der Waals surface area contributed by atoms with E-state index in [1.54, 1.807) is 0 Å². The van der Waals surface area contributed by atoms with Crippen molar-refractivity contribution in [2.24, 2.45) is 17.8 Å². The number of ether oxygens (including phenoxy) is 10. The van der Waals surface area contributed by atoms with Gasteiger partial charge in [-0.05, 0) is 112 Å². The first kappa shape index (κ1) is 74.6. The number of carbonyl (C=O) groups excluding carboxylic acids is 4. The van der Waals surface area contributed by atoms with E-state index in [0.717, 1.165) is 12.8 Å². The van der Waals surface area contributed by atoms with Gasteiger partial charge in [0.1, 0.15) is 11.5 Å². The number of halogens is 13. The van der Waals surface area contributed by atoms with E-state index in [0.29, 0.717) is 96.5 Å². The normalized spacial score (nSPS) is 13.6. The summed E-state index contributed by atoms with van der Waals surface area (Å²) in [6.07, 6.45) is -7.71. The summed E-state index contributed by atoms with van der Waals surface area (Å²) in [4.78, 5) is 52.0. The fraction of sp³-hybridized carbons (Fsp3) is 0.691. The highest BCUT2D eigenvalue weighted by atomic mass is 19.4. The number of hydrogen-bond donors (Lipinski definition) is 1. The molecule has 0 aliphatic heterocycles. The van der Waals surface area contributed by atoms with E-state index in [4.69, 9.17) is 53.0 Å². The van der Waals surface area contributed by atoms with E-state index < -0.39 is 96.9 Å². The van der Waals surface area contributed by atoms with Gasteiger partial charge in [0, 0.05) is 85.5 Å². The minimum Gasteiger partial charge on any atom is -0.494 e. The van der Waals surface area contributed by atoms with Crippen LogP contribution in [0.4, 0.5) is 57.1 Å². The van der Waals surface area contributed by atoms with Crippen molar-refractivity contribution in [3.8, 4) is 17.6 Å². The SMILES string of the molecule is CCC(C(=O)OCCC(F)(F)C(F)(F)C(F)(F)C(F)(F)C(F)(F)C(F)(F)F)C(CC(=O)OCCCCOc1ccc(C(=O)Oc2ccc(C#N)cc2)cc1)CC(C)C(=O)OCCCOCCCOCCCOCCCOCCCOCCCO. The Morgan fingerprint density at radius 3 is 1.44 bits per heavy atom. The van der Waals surface area contributed by atoms with Gasteiger partial charge < -0.3 is 52.5 Å². The topological polar surface area (TPSA) is 205 Å². The number of unbranched alkanes of at least 4 members (excludes halogenated alkanes) is 1. The fourth-order valence-electron chi connectivity index (χ4n) is 7.49. The van der Waals surface area contributed by atoms with Gasteiger partial charge in [0.05, 0.1) is 61.9 Å². The molecule has 0 amide bonds. The van der Waals surface area contributed by atoms with Gasteiger partial charge >= 0.3 is 59.7 Å². The molecule has 478 valence electrons. The van der Waals surface area contributed by atoms with Crippen molar-refractivity contribution >= 4 is 23.9 Å². The number of benzene rings is 2. The van der Waals surface area contributed by atoms with E-state index in [9.17, 15) is 76.3 Å². The number of hydrogen-bond acceptors (Lipinski definition) is 16. The van der Waals surface area contributed by atoms with Crippen LogP contribution in [0.25, 0.3) is 0 Å². The van der Waals surface area contributed by atoms with Crippen molar-refractivity contribution in [1.82, 2.24) is 0 Å². The summed E-state index contributed by atoms with van der Waals surface area (Å²) in [6, 6.07) is 13.7. The average Bonchev–Trinajstić information content (AvgIpc) is 0.762. The van der Waals surface area contributed by atoms with Crippen LogP contribution in [0.5, 0.6) is 11.5 Å². The Hall–Kier alpha value is -5.54. The third-order valence-electron chi connectivity index (χ3n) is 12.2. The van der Waals surface area contributed by atoms with Gasteiger partial charge in [-0.1, -0.05) is 13.8 Å². The number of aliphatic hydroxyl groups is 1. The van der Waals surface area contributed by atoms with Gasteiger partial charge in [-0.25, -0.2) is 4.79 Å². The summed E-state index contributed by atoms with van der Waals surface area (Å²) in [7, 11) is 0. The number of nitriles is 1. The first-order chi connectivity index (χ1) is 39.6. The quantitative estimate of drug-likeness (QED) is 0.0215. The molecule has 0 heterocycles. The maximum Gasteiger partial charge on any atom is 0.460 e. The number of rotatable bonds is 46. The molecule has 29 heteroatoms. The molecule has 0 aliphatic carbocycles. The first-order valence-electron chi connectivity index (χ1n) is 27.0. The summed E-state index contributed by atoms with van der Waals surface area (Å²) in [5.41, 5.74) is 0.557. The summed E-state index contributed by atoms with van der Waals surface area (Å²) >= 11 is 0. The molecule has 2 aromatic rings. The third-order valence-corrected chi connectivity index (χ3v) is 12.2. The van der Waals surface area contributed by atoms with Crippen molar-refractivity contribution < 1.29 is 129 Å². The number of esters is 4. The standard InChI is InChI=1S/C55H72F13NO15/c1-3-45(49(74)83-35-20-50(56,57)51(58,59)52(60,61)53(62,63)54(64,65)55(66,67)68)42(37-46(71)81-33-5-4-32-80-43-18-14-41(15-19-43)48(73)84-44-16-12-40(38-69)13-17-44)36-39(2)47(72)82-34-11-31-79-30-10-29-78-28-9-27-77-26-8-25-76-24-7-23-75-22-6-21-70/h12-19,39,42,45,70H,3-11,20-37H2,1-2H3. The molecule has 0 saturated heterocycles. The zero-order valence-corrected chi connectivity index (χ0v) is 46.5. The highest BCUT2D eigenvalue weighted by Gasteiger charge is 2.90. The molecule has 0 saturated carbocycles. The van der Waals surface area contributed by atoms with Crippen LogP contribution < -0.4 is 9.47 Å². The lowest BCUT2D eigenvalue weighted by Gasteiger charge is -2.39. The fourth-order valence-corrected chi connectivity index (χ4v) is 7.49. The number of nitrogens with zero attached hydrogens (tertiary/aromatic N) is 1. The van der Waals surface area contributed by atoms with Gasteiger partial charge in [0.2, 0.25) is 0 Å². The van der Waals surface area contributed by atoms with Crippen molar-refractivity contribution in [3.05, 3.63) is 59.7 Å². The van der Waals surface area contributed by atoms with Crippen molar-refractivity contribution in [2.45, 2.75) is 127 Å². The molecule has 1 N–H and O–H groups in total. The predicted octanol–water partition coefficient (Wildman–Crippen LogP) is 11.2. The molecule has 0 fully saturated rings. The Morgan fingerprint density at radius 1 is 0.524 bits per heavy atom. The third kappa shape index (κ3) is 24.8. The molecule has 0 aromatic heterocycles. The maximum absolute atomic E-state index is 14.5. The van der Waals surface area contributed by atoms with Crippen molar-refractivity contribution in [3.63, 3.8) is 0 Å². The highest BCUT2D eigenvalue weighted by molar-refractivity contribution is 5.91. The summed E-state index contributed by atoms with van der Waals surface area (Å²) in [6.45, 7) is 5.06. The van der Waals surface area contributed by atoms with Gasteiger partial charge in [-0.15, -0.1) is 0 Å². The lowest BCUT2D eigenvalue weighted by Crippen LogP contribution is -2.70. The molecule has 84 heavy (non-hydrogen) atoms. The molecule has 16 nitrogen and oxygen atoms in total. The number of aliphatic hydroxyl groups excluding tert-OH is 1. The van der Waals surface area contributed by atoms with Crippen LogP contribution in [0.15, 0.2) is 48.5 Å². The zero-order chi connectivity index (χ0) is 62.9. The summed E-state index contributed by atoms with van der Waals surface area (Å²) < 4.78 is 231. The predicted molar refractivity (Wildman–Crippen MR) is 270 cm³/mol. The molecule has 0 bridgehead atoms. The zero-order valence-electron chi connectivity index (χ0n) is 46.5. The Labute approximate surface area is 477 Å². The lowest BCUT2D eigenvalue weighted by molar-refractivity contribution is -0.440. The molecule has 0 radical (unpaired) electrons. The second-order valence-electron chi connectivity index (χ2n) is 18.9. The second kappa shape index (κ2) is 37.8. The van der Waals surface area contributed by atoms with Gasteiger partial charge in [0.15, 0.2) is 0 Å². The Kier molecular flexibility index (Phi) is 33.5. The summed E-state index contributed by atoms with van der Waals surface area (Å²) in [5.74, 6) is -45.6. The van der Waals surface area contributed by atoms with Crippen LogP contribution >= 0.6 is 0 Å². The van der Waals surface area contributed by atoms with Gasteiger partial charge in [-0.3, -0.25) is 14.4 Å². The lowest BCUT2D eigenvalue weighted by atomic mass is 9.81. The highest BCUT2D eigenvalue weighted by Crippen LogP contribution is 2.60. The smallest absolute Gasteiger partial charge is 0.460 e. The van der Waals surface area contributed by atoms with E-state index in [2.05, 4.69) is 4.74 Å². The van der Waals surface area contributed by atoms with E-state index >= 15 is 0 Å². The van der Waals surface area contributed by atoms with Crippen molar-refractivity contribution in [2.75, 3.05) is 99.1 Å². The van der Waals surface area contributed by atoms with Crippen LogP contribution in [0.2, 0.25) is 0 Å². The molecule has 3 atom stereocenters. The van der Waals surface area contributed by atoms with Crippen LogP contribution in [0.1, 0.15) is 107 Å². The van der Waals surface area contributed by atoms with Crippen molar-refractivity contribution in [1.29, 1.82) is 5.26 Å². The van der Waals surface area contributed by atoms with Crippen LogP contribution in [-0.2, 0) is 52.3 Å². The molecule has 0 aliphatic rings. The Morgan fingerprint density at radius 2 is 0.964 bits per heavy atom. The molecule has 0 spiro atoms. The van der Waals surface area contributed by atoms with Crippen LogP contribution in [-0.4, -0.2) is 164 Å². The average molecular weight is 1230 g/mol. The van der Waals surface area contributed by atoms with E-state index in [1.165, 1.54) is 62.4 Å². The molecule has 2 rings (SSSR count). The van der Waals surface area contributed by atoms with Crippen LogP contribution in [0.3, 0.4) is 0 Å². The Balaban J connectivity index is 1.91. The minimum atomic E-state index is -8.11. The van der Waals surface area contributed by atoms with Gasteiger partial charge in [0.25, 0.3) is 0 Å². The van der Waals surface area contributed by atoms with Gasteiger partial charge in [-0.2, -0.15) is 62.3 Å². The number of carbonyl (C=O) groups is 4. The molecular formula is C55H72F13NO15. The van der Waals surface area contributed by atoms with E-state index in [1.807, 2.05) is 6.07 Å². The van der Waals surface area contributed by atoms with Crippen LogP contribution in [0, 0.1) is 29.1 Å². The molecule has 2 aromatic carbocycles. The first-order valence-corrected chi connectivity index (χ1v) is 27.0. The molecule has 3 unspecified atom stereocenters. The largest absolute Gasteiger partial charge is 0.494 e. The summed E-state index contributed by atoms with van der Waals surface area (Å²) in [5, 5.41) is 17.6. The second-order valence-corrected chi connectivity index (χ2v) is 18.9. The van der Waals surface area contributed by atoms with E-state index in [-0.39, 0.29) is 70.0 Å². The minimum absolute atomic E-state index is 0.0905. The maximum atomic E-state index is 14.5. The molecular weight excluding hydrogens is 1160 g/mol. The monoisotopic (exact) mass is 1230 g/mol. The number of alkyl halides is 13. The Bertz CT molecular complexity index is 2250.